The monoisotopic (exact) mass is 440 g/mol. The lowest BCUT2D eigenvalue weighted by atomic mass is 9.86. The van der Waals surface area contributed by atoms with Gasteiger partial charge in [-0.2, -0.15) is 5.10 Å². The summed E-state index contributed by atoms with van der Waals surface area (Å²) in [7, 11) is 1.71. The molecule has 2 heterocycles. The summed E-state index contributed by atoms with van der Waals surface area (Å²) in [5.74, 6) is 2.43. The molecule has 4 nitrogen and oxygen atoms in total. The highest BCUT2D eigenvalue weighted by molar-refractivity contribution is 9.10. The number of rotatable bonds is 3. The SMILES string of the molecule is COc1cccc(C2=NN3[C@@H](C4CCCCC4)Oc4ccc(Br)cc4[C@@H]3C2)c1. The lowest BCUT2D eigenvalue weighted by Crippen LogP contribution is -2.45. The molecule has 28 heavy (non-hydrogen) atoms. The molecule has 2 aromatic rings. The van der Waals surface area contributed by atoms with Crippen LogP contribution in [0.3, 0.4) is 0 Å². The molecule has 0 N–H and O–H groups in total. The van der Waals surface area contributed by atoms with E-state index in [-0.39, 0.29) is 12.3 Å². The van der Waals surface area contributed by atoms with Gasteiger partial charge in [0, 0.05) is 27.9 Å². The standard InChI is InChI=1S/C23H25BrN2O2/c1-27-18-9-5-8-16(12-18)20-14-21-19-13-17(24)10-11-22(19)28-23(26(21)25-20)15-6-3-2-4-7-15/h5,8-13,15,21,23H,2-4,6-7,14H2,1H3/t21-,23+/m0/s1. The second-order valence-electron chi connectivity index (χ2n) is 7.97. The van der Waals surface area contributed by atoms with E-state index in [0.29, 0.717) is 5.92 Å². The summed E-state index contributed by atoms with van der Waals surface area (Å²) in [6, 6.07) is 14.8. The van der Waals surface area contributed by atoms with Crippen LogP contribution in [0.25, 0.3) is 0 Å². The van der Waals surface area contributed by atoms with Crippen LogP contribution >= 0.6 is 15.9 Å². The van der Waals surface area contributed by atoms with Crippen molar-refractivity contribution >= 4 is 21.6 Å². The van der Waals surface area contributed by atoms with Gasteiger partial charge in [0.25, 0.3) is 0 Å². The largest absolute Gasteiger partial charge is 0.497 e. The molecular weight excluding hydrogens is 416 g/mol. The fourth-order valence-electron chi connectivity index (χ4n) is 4.79. The van der Waals surface area contributed by atoms with Crippen LogP contribution in [0.4, 0.5) is 0 Å². The number of hydrogen-bond donors (Lipinski definition) is 0. The van der Waals surface area contributed by atoms with Gasteiger partial charge in [-0.25, -0.2) is 5.01 Å². The van der Waals surface area contributed by atoms with Crippen molar-refractivity contribution in [3.8, 4) is 11.5 Å². The summed E-state index contributed by atoms with van der Waals surface area (Å²) in [5, 5.41) is 7.34. The Balaban J connectivity index is 1.53. The number of nitrogens with zero attached hydrogens (tertiary/aromatic N) is 2. The first-order valence-corrected chi connectivity index (χ1v) is 11.0. The normalized spacial score (nSPS) is 24.2. The smallest absolute Gasteiger partial charge is 0.190 e. The number of hydrazone groups is 1. The maximum Gasteiger partial charge on any atom is 0.190 e. The highest BCUT2D eigenvalue weighted by Crippen LogP contribution is 2.47. The predicted molar refractivity (Wildman–Crippen MR) is 114 cm³/mol. The van der Waals surface area contributed by atoms with Gasteiger partial charge in [0.15, 0.2) is 6.23 Å². The third kappa shape index (κ3) is 3.20. The second kappa shape index (κ2) is 7.43. The molecule has 2 aromatic carbocycles. The highest BCUT2D eigenvalue weighted by atomic mass is 79.9. The van der Waals surface area contributed by atoms with Gasteiger partial charge in [0.2, 0.25) is 0 Å². The van der Waals surface area contributed by atoms with E-state index in [1.165, 1.54) is 37.7 Å². The van der Waals surface area contributed by atoms with Crippen molar-refractivity contribution in [2.45, 2.75) is 50.8 Å². The van der Waals surface area contributed by atoms with Crippen LogP contribution < -0.4 is 9.47 Å². The quantitative estimate of drug-likeness (QED) is 0.594. The Labute approximate surface area is 174 Å². The molecule has 5 rings (SSSR count). The zero-order chi connectivity index (χ0) is 19.1. The first-order chi connectivity index (χ1) is 13.7. The van der Waals surface area contributed by atoms with Crippen molar-refractivity contribution in [3.63, 3.8) is 0 Å². The first-order valence-electron chi connectivity index (χ1n) is 10.2. The van der Waals surface area contributed by atoms with E-state index in [2.05, 4.69) is 51.3 Å². The highest BCUT2D eigenvalue weighted by Gasteiger charge is 2.43. The Morgan fingerprint density at radius 1 is 1.11 bits per heavy atom. The van der Waals surface area contributed by atoms with Crippen LogP contribution in [-0.4, -0.2) is 24.1 Å². The van der Waals surface area contributed by atoms with E-state index >= 15 is 0 Å². The van der Waals surface area contributed by atoms with Crippen molar-refractivity contribution in [3.05, 3.63) is 58.1 Å². The third-order valence-electron chi connectivity index (χ3n) is 6.24. The molecule has 0 unspecified atom stereocenters. The Hall–Kier alpha value is -2.01. The second-order valence-corrected chi connectivity index (χ2v) is 8.88. The van der Waals surface area contributed by atoms with Crippen LogP contribution in [-0.2, 0) is 0 Å². The van der Waals surface area contributed by atoms with Gasteiger partial charge in [-0.1, -0.05) is 47.3 Å². The lowest BCUT2D eigenvalue weighted by Gasteiger charge is -2.42. The van der Waals surface area contributed by atoms with Gasteiger partial charge in [-0.15, -0.1) is 0 Å². The van der Waals surface area contributed by atoms with E-state index in [1.807, 2.05) is 12.1 Å². The molecule has 0 aromatic heterocycles. The number of ether oxygens (including phenoxy) is 2. The molecule has 3 aliphatic rings. The van der Waals surface area contributed by atoms with Crippen LogP contribution in [0.15, 0.2) is 52.0 Å². The summed E-state index contributed by atoms with van der Waals surface area (Å²) in [5.41, 5.74) is 3.47. The molecule has 0 spiro atoms. The molecule has 1 fully saturated rings. The molecule has 0 radical (unpaired) electrons. The molecular formula is C23H25BrN2O2. The minimum Gasteiger partial charge on any atom is -0.497 e. The zero-order valence-electron chi connectivity index (χ0n) is 16.1. The molecule has 0 bridgehead atoms. The van der Waals surface area contributed by atoms with Crippen molar-refractivity contribution < 1.29 is 9.47 Å². The minimum absolute atomic E-state index is 0.0297. The molecule has 146 valence electrons. The van der Waals surface area contributed by atoms with Crippen molar-refractivity contribution in [1.29, 1.82) is 0 Å². The Morgan fingerprint density at radius 2 is 1.96 bits per heavy atom. The summed E-state index contributed by atoms with van der Waals surface area (Å²) in [4.78, 5) is 0. The van der Waals surface area contributed by atoms with Crippen LogP contribution in [0.5, 0.6) is 11.5 Å². The zero-order valence-corrected chi connectivity index (χ0v) is 17.7. The fraction of sp³-hybridized carbons (Fsp3) is 0.435. The van der Waals surface area contributed by atoms with Gasteiger partial charge < -0.3 is 9.47 Å². The Kier molecular flexibility index (Phi) is 4.79. The van der Waals surface area contributed by atoms with Gasteiger partial charge in [-0.05, 0) is 43.2 Å². The van der Waals surface area contributed by atoms with Crippen LogP contribution in [0.1, 0.15) is 55.7 Å². The predicted octanol–water partition coefficient (Wildman–Crippen LogP) is 5.91. The van der Waals surface area contributed by atoms with Gasteiger partial charge >= 0.3 is 0 Å². The maximum absolute atomic E-state index is 6.54. The molecule has 2 atom stereocenters. The number of hydrogen-bond acceptors (Lipinski definition) is 4. The van der Waals surface area contributed by atoms with E-state index in [1.54, 1.807) is 7.11 Å². The average Bonchev–Trinajstić information content (AvgIpc) is 3.20. The third-order valence-corrected chi connectivity index (χ3v) is 6.73. The minimum atomic E-state index is 0.0297. The topological polar surface area (TPSA) is 34.1 Å². The number of fused-ring (bicyclic) bond motifs is 3. The lowest BCUT2D eigenvalue weighted by molar-refractivity contribution is -0.0644. The molecule has 0 amide bonds. The number of halogens is 1. The summed E-state index contributed by atoms with van der Waals surface area (Å²) >= 11 is 3.63. The van der Waals surface area contributed by atoms with E-state index in [9.17, 15) is 0 Å². The van der Waals surface area contributed by atoms with Crippen molar-refractivity contribution in [2.24, 2.45) is 11.0 Å². The van der Waals surface area contributed by atoms with Crippen LogP contribution in [0.2, 0.25) is 0 Å². The molecule has 2 aliphatic heterocycles. The summed E-state index contributed by atoms with van der Waals surface area (Å²) in [6.45, 7) is 0. The average molecular weight is 441 g/mol. The number of benzene rings is 2. The van der Waals surface area contributed by atoms with E-state index in [4.69, 9.17) is 14.6 Å². The Bertz CT molecular complexity index is 907. The molecule has 1 aliphatic carbocycles. The first kappa shape index (κ1) is 18.0. The number of methoxy groups -OCH3 is 1. The van der Waals surface area contributed by atoms with E-state index < -0.39 is 0 Å². The van der Waals surface area contributed by atoms with Gasteiger partial charge in [0.05, 0.1) is 18.9 Å². The summed E-state index contributed by atoms with van der Waals surface area (Å²) < 4.78 is 13.0. The van der Waals surface area contributed by atoms with E-state index in [0.717, 1.165) is 33.7 Å². The maximum atomic E-state index is 6.54. The van der Waals surface area contributed by atoms with Crippen molar-refractivity contribution in [1.82, 2.24) is 5.01 Å². The van der Waals surface area contributed by atoms with Gasteiger partial charge in [0.1, 0.15) is 11.5 Å². The molecule has 0 saturated heterocycles. The fourth-order valence-corrected chi connectivity index (χ4v) is 5.17. The van der Waals surface area contributed by atoms with Crippen molar-refractivity contribution in [2.75, 3.05) is 7.11 Å². The molecule has 1 saturated carbocycles. The Morgan fingerprint density at radius 3 is 2.79 bits per heavy atom. The molecule has 5 heteroatoms. The van der Waals surface area contributed by atoms with Gasteiger partial charge in [-0.3, -0.25) is 0 Å². The summed E-state index contributed by atoms with van der Waals surface area (Å²) in [6.07, 6.45) is 7.30. The van der Waals surface area contributed by atoms with Crippen LogP contribution in [0, 0.1) is 5.92 Å².